The van der Waals surface area contributed by atoms with Crippen molar-refractivity contribution < 1.29 is 33.3 Å². The summed E-state index contributed by atoms with van der Waals surface area (Å²) in [6.07, 6.45) is -0.750. The summed E-state index contributed by atoms with van der Waals surface area (Å²) in [4.78, 5) is 25.4. The fourth-order valence-corrected chi connectivity index (χ4v) is 3.90. The second-order valence-electron chi connectivity index (χ2n) is 5.77. The lowest BCUT2D eigenvalue weighted by Crippen LogP contribution is -2.68. The number of ether oxygens (including phenoxy) is 5. The zero-order chi connectivity index (χ0) is 17.6. The lowest BCUT2D eigenvalue weighted by atomic mass is 9.56. The second kappa shape index (κ2) is 5.75. The molecule has 7 heteroatoms. The molecule has 1 saturated carbocycles. The average molecular weight is 336 g/mol. The van der Waals surface area contributed by atoms with E-state index in [2.05, 4.69) is 0 Å². The molecule has 7 nitrogen and oxygen atoms in total. The number of benzene rings is 1. The highest BCUT2D eigenvalue weighted by atomic mass is 16.6. The second-order valence-corrected chi connectivity index (χ2v) is 5.77. The Morgan fingerprint density at radius 3 is 2.12 bits per heavy atom. The van der Waals surface area contributed by atoms with Crippen LogP contribution >= 0.6 is 0 Å². The fraction of sp³-hybridized carbons (Fsp3) is 0.529. The van der Waals surface area contributed by atoms with Crippen LogP contribution in [0.1, 0.15) is 28.3 Å². The minimum Gasteiger partial charge on any atom is -0.493 e. The van der Waals surface area contributed by atoms with Crippen molar-refractivity contribution in [1.29, 1.82) is 0 Å². The zero-order valence-corrected chi connectivity index (χ0v) is 14.3. The molecule has 3 rings (SSSR count). The van der Waals surface area contributed by atoms with Crippen molar-refractivity contribution in [3.05, 3.63) is 17.2 Å². The summed E-state index contributed by atoms with van der Waals surface area (Å²) in [7, 11) is 7.25. The van der Waals surface area contributed by atoms with Crippen molar-refractivity contribution in [3.8, 4) is 17.2 Å². The number of ketones is 2. The summed E-state index contributed by atoms with van der Waals surface area (Å²) >= 11 is 0. The molecule has 1 fully saturated rings. The van der Waals surface area contributed by atoms with Crippen LogP contribution in [0.2, 0.25) is 0 Å². The summed E-state index contributed by atoms with van der Waals surface area (Å²) in [6.45, 7) is 0. The fourth-order valence-electron chi connectivity index (χ4n) is 3.90. The third kappa shape index (κ3) is 1.79. The monoisotopic (exact) mass is 336 g/mol. The van der Waals surface area contributed by atoms with E-state index in [9.17, 15) is 9.59 Å². The summed E-state index contributed by atoms with van der Waals surface area (Å²) in [6, 6.07) is 1.71. The van der Waals surface area contributed by atoms with Crippen LogP contribution in [-0.4, -0.2) is 58.8 Å². The van der Waals surface area contributed by atoms with Gasteiger partial charge in [-0.1, -0.05) is 0 Å². The number of carbonyl (C=O) groups excluding carboxylic acids is 2. The molecule has 0 radical (unpaired) electrons. The zero-order valence-electron chi connectivity index (χ0n) is 14.3. The number of fused-ring (bicyclic) bond motifs is 3. The smallest absolute Gasteiger partial charge is 0.204 e. The van der Waals surface area contributed by atoms with Crippen molar-refractivity contribution >= 4 is 11.6 Å². The summed E-state index contributed by atoms with van der Waals surface area (Å²) in [5.74, 6) is 0.231. The Balaban J connectivity index is 2.32. The number of hydrogen-bond acceptors (Lipinski definition) is 7. The highest BCUT2D eigenvalue weighted by Gasteiger charge is 2.67. The molecule has 0 bridgehead atoms. The van der Waals surface area contributed by atoms with Gasteiger partial charge in [0.15, 0.2) is 34.8 Å². The molecule has 1 aromatic carbocycles. The first-order chi connectivity index (χ1) is 11.5. The highest BCUT2D eigenvalue weighted by Crippen LogP contribution is 2.57. The van der Waals surface area contributed by atoms with Gasteiger partial charge in [-0.3, -0.25) is 9.59 Å². The van der Waals surface area contributed by atoms with Crippen LogP contribution < -0.4 is 14.2 Å². The third-order valence-electron chi connectivity index (χ3n) is 5.03. The molecule has 0 saturated heterocycles. The minimum atomic E-state index is -1.29. The van der Waals surface area contributed by atoms with E-state index in [0.29, 0.717) is 22.6 Å². The van der Waals surface area contributed by atoms with Gasteiger partial charge in [-0.05, 0) is 11.6 Å². The molecular formula is C17H20O7. The lowest BCUT2D eigenvalue weighted by molar-refractivity contribution is -0.181. The molecule has 0 spiro atoms. The number of methoxy groups -OCH3 is 5. The average Bonchev–Trinajstić information content (AvgIpc) is 2.60. The van der Waals surface area contributed by atoms with Gasteiger partial charge in [0.2, 0.25) is 5.75 Å². The summed E-state index contributed by atoms with van der Waals surface area (Å²) in [5.41, 5.74) is -0.278. The van der Waals surface area contributed by atoms with E-state index in [4.69, 9.17) is 23.7 Å². The summed E-state index contributed by atoms with van der Waals surface area (Å²) in [5, 5.41) is 0. The predicted molar refractivity (Wildman–Crippen MR) is 83.3 cm³/mol. The van der Waals surface area contributed by atoms with Crippen molar-refractivity contribution in [2.24, 2.45) is 0 Å². The topological polar surface area (TPSA) is 80.3 Å². The maximum absolute atomic E-state index is 13.1. The molecule has 0 unspecified atom stereocenters. The molecule has 2 aliphatic rings. The standard InChI is InChI=1S/C17H20O7/c1-20-10-6-8-9-7-11(18)17(9,24-5)16(23-4)13(19)12(8)15(22-3)14(10)21-2/h6,9,16H,7H2,1-5H3/t9-,16-,17-/m0/s1. The Hall–Kier alpha value is -2.12. The van der Waals surface area contributed by atoms with Gasteiger partial charge >= 0.3 is 0 Å². The largest absolute Gasteiger partial charge is 0.493 e. The molecule has 0 heterocycles. The highest BCUT2D eigenvalue weighted by molar-refractivity contribution is 6.14. The number of rotatable bonds is 5. The quantitative estimate of drug-likeness (QED) is 0.803. The SMILES string of the molecule is COc1cc2c(c(OC)c1OC)C(=O)[C@H](OC)[C@@]1(OC)C(=O)C[C@@H]21. The minimum absolute atomic E-state index is 0.144. The normalized spacial score (nSPS) is 27.9. The van der Waals surface area contributed by atoms with Gasteiger partial charge in [0.25, 0.3) is 0 Å². The van der Waals surface area contributed by atoms with Crippen molar-refractivity contribution in [3.63, 3.8) is 0 Å². The third-order valence-corrected chi connectivity index (χ3v) is 5.03. The molecule has 2 aliphatic carbocycles. The van der Waals surface area contributed by atoms with Crippen molar-refractivity contribution in [1.82, 2.24) is 0 Å². The van der Waals surface area contributed by atoms with Crippen LogP contribution in [0.5, 0.6) is 17.2 Å². The van der Waals surface area contributed by atoms with E-state index in [-0.39, 0.29) is 29.7 Å². The molecular weight excluding hydrogens is 316 g/mol. The van der Waals surface area contributed by atoms with Crippen LogP contribution in [0.15, 0.2) is 6.07 Å². The van der Waals surface area contributed by atoms with Gasteiger partial charge in [0.1, 0.15) is 0 Å². The van der Waals surface area contributed by atoms with E-state index in [1.165, 1.54) is 35.5 Å². The van der Waals surface area contributed by atoms with Gasteiger partial charge in [-0.2, -0.15) is 0 Å². The molecule has 130 valence electrons. The van der Waals surface area contributed by atoms with Gasteiger partial charge < -0.3 is 23.7 Å². The molecule has 0 aliphatic heterocycles. The molecule has 0 N–H and O–H groups in total. The molecule has 3 atom stereocenters. The first kappa shape index (κ1) is 16.7. The Kier molecular flexibility index (Phi) is 4.01. The van der Waals surface area contributed by atoms with E-state index in [1.807, 2.05) is 0 Å². The van der Waals surface area contributed by atoms with E-state index in [0.717, 1.165) is 0 Å². The van der Waals surface area contributed by atoms with Gasteiger partial charge in [-0.25, -0.2) is 0 Å². The van der Waals surface area contributed by atoms with E-state index < -0.39 is 11.7 Å². The van der Waals surface area contributed by atoms with Crippen molar-refractivity contribution in [2.75, 3.05) is 35.5 Å². The van der Waals surface area contributed by atoms with E-state index in [1.54, 1.807) is 6.07 Å². The number of Topliss-reactive ketones (excluding diaryl/α,β-unsaturated/α-hetero) is 2. The number of carbonyl (C=O) groups is 2. The van der Waals surface area contributed by atoms with Gasteiger partial charge in [0, 0.05) is 26.6 Å². The molecule has 1 aromatic rings. The van der Waals surface area contributed by atoms with Crippen LogP contribution in [0.3, 0.4) is 0 Å². The van der Waals surface area contributed by atoms with Gasteiger partial charge in [-0.15, -0.1) is 0 Å². The van der Waals surface area contributed by atoms with Gasteiger partial charge in [0.05, 0.1) is 26.9 Å². The number of hydrogen-bond donors (Lipinski definition) is 0. The predicted octanol–water partition coefficient (Wildman–Crippen LogP) is 1.37. The maximum Gasteiger partial charge on any atom is 0.204 e. The molecule has 0 amide bonds. The first-order valence-electron chi connectivity index (χ1n) is 7.50. The molecule has 24 heavy (non-hydrogen) atoms. The maximum atomic E-state index is 13.1. The molecule has 0 aromatic heterocycles. The van der Waals surface area contributed by atoms with E-state index >= 15 is 0 Å². The Morgan fingerprint density at radius 1 is 1.00 bits per heavy atom. The van der Waals surface area contributed by atoms with Crippen LogP contribution in [-0.2, 0) is 14.3 Å². The van der Waals surface area contributed by atoms with Crippen LogP contribution in [0.25, 0.3) is 0 Å². The van der Waals surface area contributed by atoms with Crippen molar-refractivity contribution in [2.45, 2.75) is 24.0 Å². The summed E-state index contributed by atoms with van der Waals surface area (Å²) < 4.78 is 27.0. The Labute approximate surface area is 139 Å². The van der Waals surface area contributed by atoms with Crippen LogP contribution in [0, 0.1) is 0 Å². The Bertz CT molecular complexity index is 711. The Morgan fingerprint density at radius 2 is 1.67 bits per heavy atom. The first-order valence-corrected chi connectivity index (χ1v) is 7.50. The lowest BCUT2D eigenvalue weighted by Gasteiger charge is -2.53. The van der Waals surface area contributed by atoms with Crippen LogP contribution in [0.4, 0.5) is 0 Å².